The van der Waals surface area contributed by atoms with E-state index < -0.39 is 0 Å². The summed E-state index contributed by atoms with van der Waals surface area (Å²) in [5.74, 6) is 0. The summed E-state index contributed by atoms with van der Waals surface area (Å²) in [5.41, 5.74) is 26.1. The van der Waals surface area contributed by atoms with Crippen molar-refractivity contribution in [2.24, 2.45) is 0 Å². The number of fused-ring (bicyclic) bond motifs is 6. The lowest BCUT2D eigenvalue weighted by atomic mass is 9.81. The van der Waals surface area contributed by atoms with Gasteiger partial charge in [-0.15, -0.1) is 0 Å². The molecule has 2 aliphatic rings. The molecule has 1 heteroatoms. The number of hydrogen-bond donors (Lipinski definition) is 0. The summed E-state index contributed by atoms with van der Waals surface area (Å²) >= 11 is 0. The highest BCUT2D eigenvalue weighted by atomic mass is 15.1. The van der Waals surface area contributed by atoms with Gasteiger partial charge in [-0.25, -0.2) is 0 Å². The van der Waals surface area contributed by atoms with Crippen LogP contribution in [0.1, 0.15) is 49.9 Å². The van der Waals surface area contributed by atoms with Crippen LogP contribution in [0.3, 0.4) is 0 Å². The highest BCUT2D eigenvalue weighted by Gasteiger charge is 2.38. The molecule has 0 spiro atoms. The summed E-state index contributed by atoms with van der Waals surface area (Å²) in [5, 5.41) is 0. The van der Waals surface area contributed by atoms with Crippen molar-refractivity contribution in [3.63, 3.8) is 0 Å². The number of nitrogens with zero attached hydrogens (tertiary/aromatic N) is 1. The van der Waals surface area contributed by atoms with E-state index in [4.69, 9.17) is 0 Å². The van der Waals surface area contributed by atoms with E-state index in [2.05, 4.69) is 269 Å². The van der Waals surface area contributed by atoms with Gasteiger partial charge in [0.2, 0.25) is 0 Å². The molecule has 320 valence electrons. The Morgan fingerprint density at radius 1 is 0.254 bits per heavy atom. The molecule has 1 nitrogen and oxygen atoms in total. The summed E-state index contributed by atoms with van der Waals surface area (Å²) in [6.07, 6.45) is 0. The van der Waals surface area contributed by atoms with Crippen LogP contribution in [0.25, 0.3) is 77.9 Å². The monoisotopic (exact) mass is 857 g/mol. The Labute approximate surface area is 395 Å². The first-order valence-electron chi connectivity index (χ1n) is 23.6. The van der Waals surface area contributed by atoms with Crippen LogP contribution in [0.4, 0.5) is 17.1 Å². The average Bonchev–Trinajstić information content (AvgIpc) is 3.76. The third-order valence-electron chi connectivity index (χ3n) is 14.7. The maximum atomic E-state index is 2.47. The van der Waals surface area contributed by atoms with Crippen molar-refractivity contribution in [1.82, 2.24) is 0 Å². The minimum Gasteiger partial charge on any atom is -0.310 e. The highest BCUT2D eigenvalue weighted by Crippen LogP contribution is 2.54. The van der Waals surface area contributed by atoms with E-state index in [9.17, 15) is 0 Å². The van der Waals surface area contributed by atoms with Crippen LogP contribution < -0.4 is 4.90 Å². The zero-order valence-electron chi connectivity index (χ0n) is 38.5. The van der Waals surface area contributed by atoms with Gasteiger partial charge in [0.1, 0.15) is 0 Å². The molecular weight excluding hydrogens is 807 g/mol. The first-order valence-corrected chi connectivity index (χ1v) is 23.6. The van der Waals surface area contributed by atoms with Crippen molar-refractivity contribution in [2.75, 3.05) is 4.90 Å². The predicted molar refractivity (Wildman–Crippen MR) is 283 cm³/mol. The molecule has 0 saturated heterocycles. The molecule has 10 aromatic carbocycles. The second-order valence-corrected chi connectivity index (χ2v) is 19.3. The number of rotatable bonds is 8. The lowest BCUT2D eigenvalue weighted by molar-refractivity contribution is 0.660. The van der Waals surface area contributed by atoms with Crippen molar-refractivity contribution in [3.8, 4) is 77.9 Å². The van der Waals surface area contributed by atoms with Gasteiger partial charge in [0.25, 0.3) is 0 Å². The SMILES string of the molecule is CC1(C)c2ccccc2-c2ccc(-c3cccc(N(c4ccc(-c5ccc(-c6ccccc6)c(-c6ccccc6)c5)cc4)c4ccccc4-c4cccc5c4-c4ccccc4C5(C)C)c3)cc21. The van der Waals surface area contributed by atoms with Gasteiger partial charge in [0.15, 0.2) is 0 Å². The van der Waals surface area contributed by atoms with E-state index in [0.29, 0.717) is 0 Å². The Hall–Kier alpha value is -8.00. The molecule has 0 unspecified atom stereocenters. The van der Waals surface area contributed by atoms with Crippen molar-refractivity contribution in [3.05, 3.63) is 259 Å². The number of anilines is 3. The van der Waals surface area contributed by atoms with Crippen LogP contribution in [0, 0.1) is 0 Å². The third kappa shape index (κ3) is 6.68. The van der Waals surface area contributed by atoms with E-state index in [1.807, 2.05) is 0 Å². The smallest absolute Gasteiger partial charge is 0.0540 e. The first-order chi connectivity index (χ1) is 32.8. The normalized spacial score (nSPS) is 13.6. The van der Waals surface area contributed by atoms with Gasteiger partial charge in [0.05, 0.1) is 5.69 Å². The Bertz CT molecular complexity index is 3500. The largest absolute Gasteiger partial charge is 0.310 e. The van der Waals surface area contributed by atoms with Crippen LogP contribution in [-0.4, -0.2) is 0 Å². The lowest BCUT2D eigenvalue weighted by Crippen LogP contribution is -2.15. The van der Waals surface area contributed by atoms with Crippen LogP contribution in [0.15, 0.2) is 237 Å². The molecule has 0 heterocycles. The Morgan fingerprint density at radius 3 is 1.46 bits per heavy atom. The molecule has 0 aliphatic heterocycles. The van der Waals surface area contributed by atoms with Crippen molar-refractivity contribution < 1.29 is 0 Å². The average molecular weight is 858 g/mol. The lowest BCUT2D eigenvalue weighted by Gasteiger charge is -2.29. The molecule has 0 amide bonds. The van der Waals surface area contributed by atoms with Crippen LogP contribution in [0.2, 0.25) is 0 Å². The van der Waals surface area contributed by atoms with Gasteiger partial charge < -0.3 is 4.90 Å². The van der Waals surface area contributed by atoms with Gasteiger partial charge in [-0.3, -0.25) is 0 Å². The van der Waals surface area contributed by atoms with E-state index in [1.54, 1.807) is 0 Å². The number of benzene rings is 10. The summed E-state index contributed by atoms with van der Waals surface area (Å²) in [6, 6.07) is 87.5. The van der Waals surface area contributed by atoms with Gasteiger partial charge in [-0.2, -0.15) is 0 Å². The highest BCUT2D eigenvalue weighted by molar-refractivity contribution is 5.99. The van der Waals surface area contributed by atoms with Gasteiger partial charge in [-0.05, 0) is 137 Å². The standard InChI is InChI=1S/C66H51N/c1-65(2)60-30-15-12-27-57(60)64-56(28-18-31-61(64)65)55-26-13-16-32-63(55)67(51-24-17-23-47(41-51)49-36-40-54-53-25-11-14-29-59(53)66(3,4)62(54)43-49)50-37-33-44(34-38-50)48-35-39-52(45-19-7-5-8-20-45)58(42-48)46-21-9-6-10-22-46/h5-43H,1-4H3. The van der Waals surface area contributed by atoms with Crippen LogP contribution in [0.5, 0.6) is 0 Å². The van der Waals surface area contributed by atoms with E-state index in [1.165, 1.54) is 100 Å². The van der Waals surface area contributed by atoms with Gasteiger partial charge >= 0.3 is 0 Å². The summed E-state index contributed by atoms with van der Waals surface area (Å²) in [6.45, 7) is 9.45. The molecule has 0 fully saturated rings. The summed E-state index contributed by atoms with van der Waals surface area (Å²) < 4.78 is 0. The number of para-hydroxylation sites is 1. The van der Waals surface area contributed by atoms with Gasteiger partial charge in [-0.1, -0.05) is 222 Å². The topological polar surface area (TPSA) is 3.24 Å². The fraction of sp³-hybridized carbons (Fsp3) is 0.0909. The van der Waals surface area contributed by atoms with Crippen molar-refractivity contribution >= 4 is 17.1 Å². The first kappa shape index (κ1) is 40.5. The second kappa shape index (κ2) is 15.9. The Kier molecular flexibility index (Phi) is 9.59. The maximum Gasteiger partial charge on any atom is 0.0540 e. The fourth-order valence-corrected chi connectivity index (χ4v) is 11.3. The van der Waals surface area contributed by atoms with Crippen molar-refractivity contribution in [1.29, 1.82) is 0 Å². The predicted octanol–water partition coefficient (Wildman–Crippen LogP) is 18.1. The zero-order chi connectivity index (χ0) is 45.3. The third-order valence-corrected chi connectivity index (χ3v) is 14.7. The van der Waals surface area contributed by atoms with Crippen molar-refractivity contribution in [2.45, 2.75) is 38.5 Å². The Balaban J connectivity index is 1.01. The molecule has 0 aromatic heterocycles. The minimum absolute atomic E-state index is 0.0842. The molecule has 0 saturated carbocycles. The zero-order valence-corrected chi connectivity index (χ0v) is 38.5. The quantitative estimate of drug-likeness (QED) is 0.147. The molecule has 10 aromatic rings. The molecule has 2 aliphatic carbocycles. The maximum absolute atomic E-state index is 2.47. The molecule has 0 N–H and O–H groups in total. The molecule has 0 atom stereocenters. The summed E-state index contributed by atoms with van der Waals surface area (Å²) in [4.78, 5) is 2.47. The minimum atomic E-state index is -0.105. The molecule has 12 rings (SSSR count). The Morgan fingerprint density at radius 2 is 0.731 bits per heavy atom. The molecule has 0 radical (unpaired) electrons. The molecular formula is C66H51N. The van der Waals surface area contributed by atoms with Crippen LogP contribution in [-0.2, 0) is 10.8 Å². The van der Waals surface area contributed by atoms with Gasteiger partial charge in [0, 0.05) is 27.8 Å². The molecule has 0 bridgehead atoms. The second-order valence-electron chi connectivity index (χ2n) is 19.3. The van der Waals surface area contributed by atoms with E-state index in [0.717, 1.165) is 17.1 Å². The van der Waals surface area contributed by atoms with E-state index >= 15 is 0 Å². The summed E-state index contributed by atoms with van der Waals surface area (Å²) in [7, 11) is 0. The molecule has 67 heavy (non-hydrogen) atoms. The van der Waals surface area contributed by atoms with Crippen LogP contribution >= 0.6 is 0 Å². The fourth-order valence-electron chi connectivity index (χ4n) is 11.3. The van der Waals surface area contributed by atoms with E-state index in [-0.39, 0.29) is 10.8 Å². The number of hydrogen-bond acceptors (Lipinski definition) is 1.